The van der Waals surface area contributed by atoms with Crippen molar-refractivity contribution in [2.75, 3.05) is 13.7 Å². The maximum Gasteiger partial charge on any atom is 0.261 e. The number of hydrogen-bond acceptors (Lipinski definition) is 5. The molecule has 0 saturated carbocycles. The number of para-hydroxylation sites is 1. The fourth-order valence-electron chi connectivity index (χ4n) is 2.28. The van der Waals surface area contributed by atoms with Crippen LogP contribution in [0, 0.1) is 0 Å². The van der Waals surface area contributed by atoms with Crippen LogP contribution in [-0.2, 0) is 0 Å². The highest BCUT2D eigenvalue weighted by atomic mass is 35.5. The van der Waals surface area contributed by atoms with Gasteiger partial charge in [0.1, 0.15) is 5.75 Å². The van der Waals surface area contributed by atoms with Crippen LogP contribution in [0.15, 0.2) is 22.7 Å². The zero-order valence-corrected chi connectivity index (χ0v) is 11.3. The topological polar surface area (TPSA) is 60.2 Å². The Morgan fingerprint density at radius 1 is 1.47 bits per heavy atom. The van der Waals surface area contributed by atoms with E-state index in [0.29, 0.717) is 28.1 Å². The molecule has 1 aromatic carbocycles. The summed E-state index contributed by atoms with van der Waals surface area (Å²) in [6.45, 7) is 0.995. The Kier molecular flexibility index (Phi) is 3.40. The van der Waals surface area contributed by atoms with Crippen LogP contribution >= 0.6 is 11.6 Å². The number of aromatic nitrogens is 2. The van der Waals surface area contributed by atoms with Gasteiger partial charge in [0.2, 0.25) is 0 Å². The number of halogens is 1. The largest absolute Gasteiger partial charge is 0.494 e. The average Bonchev–Trinajstić information content (AvgIpc) is 3.09. The van der Waals surface area contributed by atoms with Gasteiger partial charge < -0.3 is 14.6 Å². The van der Waals surface area contributed by atoms with Crippen molar-refractivity contribution in [2.24, 2.45) is 0 Å². The van der Waals surface area contributed by atoms with E-state index in [2.05, 4.69) is 15.5 Å². The molecule has 1 N–H and O–H groups in total. The lowest BCUT2D eigenvalue weighted by molar-refractivity contribution is 0.399. The van der Waals surface area contributed by atoms with Gasteiger partial charge in [0.25, 0.3) is 5.89 Å². The highest BCUT2D eigenvalue weighted by Gasteiger charge is 2.23. The first-order valence-corrected chi connectivity index (χ1v) is 6.57. The fraction of sp³-hybridized carbons (Fsp3) is 0.385. The second-order valence-electron chi connectivity index (χ2n) is 4.43. The van der Waals surface area contributed by atoms with Crippen molar-refractivity contribution in [1.29, 1.82) is 0 Å². The smallest absolute Gasteiger partial charge is 0.261 e. The van der Waals surface area contributed by atoms with Crippen LogP contribution in [0.25, 0.3) is 11.5 Å². The van der Waals surface area contributed by atoms with Crippen molar-refractivity contribution in [1.82, 2.24) is 15.5 Å². The molecule has 0 bridgehead atoms. The number of methoxy groups -OCH3 is 1. The number of benzene rings is 1. The molecule has 1 saturated heterocycles. The van der Waals surface area contributed by atoms with E-state index in [1.165, 1.54) is 0 Å². The average molecular weight is 280 g/mol. The first-order valence-electron chi connectivity index (χ1n) is 6.19. The van der Waals surface area contributed by atoms with Crippen molar-refractivity contribution in [3.63, 3.8) is 0 Å². The van der Waals surface area contributed by atoms with E-state index in [1.807, 2.05) is 12.1 Å². The quantitative estimate of drug-likeness (QED) is 0.936. The van der Waals surface area contributed by atoms with Crippen LogP contribution in [0.1, 0.15) is 24.7 Å². The predicted molar refractivity (Wildman–Crippen MR) is 71.3 cm³/mol. The van der Waals surface area contributed by atoms with E-state index >= 15 is 0 Å². The van der Waals surface area contributed by atoms with Gasteiger partial charge in [0, 0.05) is 0 Å². The minimum atomic E-state index is 0.183. The predicted octanol–water partition coefficient (Wildman–Crippen LogP) is 2.82. The lowest BCUT2D eigenvalue weighted by Gasteiger charge is -2.06. The molecule has 1 aromatic heterocycles. The maximum absolute atomic E-state index is 6.09. The van der Waals surface area contributed by atoms with Gasteiger partial charge >= 0.3 is 0 Å². The van der Waals surface area contributed by atoms with Crippen molar-refractivity contribution < 1.29 is 9.26 Å². The molecule has 0 amide bonds. The molecule has 19 heavy (non-hydrogen) atoms. The van der Waals surface area contributed by atoms with Crippen molar-refractivity contribution in [3.8, 4) is 17.2 Å². The van der Waals surface area contributed by atoms with Gasteiger partial charge in [0.15, 0.2) is 5.82 Å². The molecule has 0 spiro atoms. The molecule has 0 aliphatic carbocycles. The minimum Gasteiger partial charge on any atom is -0.494 e. The summed E-state index contributed by atoms with van der Waals surface area (Å²) in [5, 5.41) is 7.89. The summed E-state index contributed by atoms with van der Waals surface area (Å²) in [4.78, 5) is 4.43. The fourth-order valence-corrected chi connectivity index (χ4v) is 2.53. The van der Waals surface area contributed by atoms with Crippen molar-refractivity contribution >= 4 is 11.6 Å². The van der Waals surface area contributed by atoms with Gasteiger partial charge in [-0.2, -0.15) is 4.98 Å². The maximum atomic E-state index is 6.09. The molecule has 1 aliphatic heterocycles. The molecule has 3 rings (SSSR count). The number of nitrogens with zero attached hydrogens (tertiary/aromatic N) is 2. The third-order valence-electron chi connectivity index (χ3n) is 3.22. The Balaban J connectivity index is 1.96. The van der Waals surface area contributed by atoms with Crippen molar-refractivity contribution in [2.45, 2.75) is 18.9 Å². The summed E-state index contributed by atoms with van der Waals surface area (Å²) in [5.74, 6) is 1.68. The second kappa shape index (κ2) is 5.19. The Morgan fingerprint density at radius 3 is 3.11 bits per heavy atom. The zero-order valence-electron chi connectivity index (χ0n) is 10.5. The second-order valence-corrected chi connectivity index (χ2v) is 4.83. The van der Waals surface area contributed by atoms with Crippen LogP contribution in [0.2, 0.25) is 5.02 Å². The van der Waals surface area contributed by atoms with Crippen LogP contribution in [0.5, 0.6) is 5.75 Å². The Labute approximate surface area is 115 Å². The molecule has 100 valence electrons. The molecule has 2 aromatic rings. The monoisotopic (exact) mass is 279 g/mol. The summed E-state index contributed by atoms with van der Waals surface area (Å²) in [6.07, 6.45) is 2.17. The summed E-state index contributed by atoms with van der Waals surface area (Å²) in [5.41, 5.74) is 0.715. The van der Waals surface area contributed by atoms with Gasteiger partial charge in [-0.15, -0.1) is 0 Å². The molecule has 6 heteroatoms. The zero-order chi connectivity index (χ0) is 13.2. The number of rotatable bonds is 3. The normalized spacial score (nSPS) is 18.7. The van der Waals surface area contributed by atoms with Crippen LogP contribution in [-0.4, -0.2) is 23.8 Å². The van der Waals surface area contributed by atoms with E-state index in [-0.39, 0.29) is 6.04 Å². The molecule has 0 radical (unpaired) electrons. The van der Waals surface area contributed by atoms with E-state index in [0.717, 1.165) is 19.4 Å². The molecule has 1 aliphatic rings. The molecule has 2 heterocycles. The molecular formula is C13H14ClN3O2. The van der Waals surface area contributed by atoms with Gasteiger partial charge in [-0.3, -0.25) is 0 Å². The Morgan fingerprint density at radius 2 is 2.37 bits per heavy atom. The molecular weight excluding hydrogens is 266 g/mol. The number of nitrogens with one attached hydrogen (secondary N) is 1. The van der Waals surface area contributed by atoms with E-state index < -0.39 is 0 Å². The highest BCUT2D eigenvalue weighted by molar-refractivity contribution is 6.32. The minimum absolute atomic E-state index is 0.183. The van der Waals surface area contributed by atoms with Gasteiger partial charge in [-0.05, 0) is 31.5 Å². The summed E-state index contributed by atoms with van der Waals surface area (Å²) in [6, 6.07) is 5.63. The summed E-state index contributed by atoms with van der Waals surface area (Å²) >= 11 is 6.09. The SMILES string of the molecule is COc1c(Cl)cccc1-c1nc([C@@H]2CCCN2)no1. The first kappa shape index (κ1) is 12.4. The van der Waals surface area contributed by atoms with Gasteiger partial charge in [0.05, 0.1) is 23.7 Å². The van der Waals surface area contributed by atoms with Gasteiger partial charge in [-0.25, -0.2) is 0 Å². The lowest BCUT2D eigenvalue weighted by atomic mass is 10.2. The highest BCUT2D eigenvalue weighted by Crippen LogP contribution is 2.35. The number of hydrogen-bond donors (Lipinski definition) is 1. The Hall–Kier alpha value is -1.59. The van der Waals surface area contributed by atoms with Crippen LogP contribution < -0.4 is 10.1 Å². The molecule has 1 atom stereocenters. The van der Waals surface area contributed by atoms with Crippen LogP contribution in [0.4, 0.5) is 0 Å². The van der Waals surface area contributed by atoms with Gasteiger partial charge in [-0.1, -0.05) is 22.8 Å². The number of ether oxygens (including phenoxy) is 1. The molecule has 5 nitrogen and oxygen atoms in total. The standard InChI is InChI=1S/C13H14ClN3O2/c1-18-11-8(4-2-5-9(11)14)13-16-12(17-19-13)10-6-3-7-15-10/h2,4-5,10,15H,3,6-7H2,1H3/t10-/m0/s1. The van der Waals surface area contributed by atoms with E-state index in [1.54, 1.807) is 13.2 Å². The third-order valence-corrected chi connectivity index (χ3v) is 3.51. The van der Waals surface area contributed by atoms with Crippen molar-refractivity contribution in [3.05, 3.63) is 29.0 Å². The Bertz CT molecular complexity index is 579. The molecule has 0 unspecified atom stereocenters. The molecule has 1 fully saturated rings. The van der Waals surface area contributed by atoms with E-state index in [4.69, 9.17) is 20.9 Å². The lowest BCUT2D eigenvalue weighted by Crippen LogP contribution is -2.14. The summed E-state index contributed by atoms with van der Waals surface area (Å²) < 4.78 is 10.6. The first-order chi connectivity index (χ1) is 9.29. The third kappa shape index (κ3) is 2.31. The van der Waals surface area contributed by atoms with Crippen LogP contribution in [0.3, 0.4) is 0 Å². The van der Waals surface area contributed by atoms with E-state index in [9.17, 15) is 0 Å². The summed E-state index contributed by atoms with van der Waals surface area (Å²) in [7, 11) is 1.57.